The minimum atomic E-state index is -0.132. The summed E-state index contributed by atoms with van der Waals surface area (Å²) in [5.74, 6) is -0.132. The molecule has 3 unspecified atom stereocenters. The van der Waals surface area contributed by atoms with Crippen LogP contribution in [0.3, 0.4) is 0 Å². The number of carbonyl (C=O) groups excluding carboxylic acids is 1. The van der Waals surface area contributed by atoms with Crippen LogP contribution in [0.1, 0.15) is 39.0 Å². The Bertz CT molecular complexity index is 229. The molecule has 2 heterocycles. The summed E-state index contributed by atoms with van der Waals surface area (Å²) >= 11 is 0. The van der Waals surface area contributed by atoms with Crippen molar-refractivity contribution in [3.63, 3.8) is 0 Å². The molecule has 0 amide bonds. The molecule has 2 aliphatic rings. The lowest BCUT2D eigenvalue weighted by molar-refractivity contribution is -0.155. The van der Waals surface area contributed by atoms with Crippen LogP contribution in [0, 0.1) is 0 Å². The second-order valence-corrected chi connectivity index (χ2v) is 4.54. The van der Waals surface area contributed by atoms with E-state index in [9.17, 15) is 4.79 Å². The minimum absolute atomic E-state index is 0.132. The molecule has 0 saturated carbocycles. The molecule has 2 bridgehead atoms. The Hall–Kier alpha value is -0.570. The first-order valence-electron chi connectivity index (χ1n) is 5.57. The van der Waals surface area contributed by atoms with Crippen molar-refractivity contribution in [1.82, 2.24) is 4.90 Å². The molecule has 2 aliphatic heterocycles. The molecule has 0 spiro atoms. The van der Waals surface area contributed by atoms with E-state index in [1.54, 1.807) is 0 Å². The summed E-state index contributed by atoms with van der Waals surface area (Å²) in [7, 11) is 2.17. The van der Waals surface area contributed by atoms with Gasteiger partial charge in [-0.3, -0.25) is 9.69 Å². The summed E-state index contributed by atoms with van der Waals surface area (Å²) in [6.07, 6.45) is 6.18. The molecule has 0 N–H and O–H groups in total. The van der Waals surface area contributed by atoms with E-state index in [1.807, 2.05) is 0 Å². The van der Waals surface area contributed by atoms with Gasteiger partial charge in [0, 0.05) is 19.0 Å². The number of ether oxygens (including phenoxy) is 1. The van der Waals surface area contributed by atoms with Gasteiger partial charge >= 0.3 is 5.97 Å². The molecule has 0 aromatic carbocycles. The molecule has 80 valence electrons. The number of likely N-dealkylation sites (N-methyl/N-ethyl adjacent to an activating group) is 1. The van der Waals surface area contributed by atoms with Crippen LogP contribution in [0.25, 0.3) is 0 Å². The van der Waals surface area contributed by atoms with Crippen molar-refractivity contribution in [3.05, 3.63) is 0 Å². The first-order chi connectivity index (χ1) is 6.68. The lowest BCUT2D eigenvalue weighted by Gasteiger charge is -2.47. The van der Waals surface area contributed by atoms with Gasteiger partial charge in [0.15, 0.2) is 0 Å². The molecule has 0 radical (unpaired) electrons. The molecule has 0 aromatic rings. The van der Waals surface area contributed by atoms with Gasteiger partial charge in [0.25, 0.3) is 0 Å². The SMILES string of the molecule is CC(=O)OC1CCC2CCCC1N2C. The van der Waals surface area contributed by atoms with Crippen LogP contribution in [0.4, 0.5) is 0 Å². The average Bonchev–Trinajstić information content (AvgIpc) is 2.09. The Morgan fingerprint density at radius 2 is 2.07 bits per heavy atom. The van der Waals surface area contributed by atoms with E-state index in [1.165, 1.54) is 32.6 Å². The molecule has 3 atom stereocenters. The molecule has 0 aromatic heterocycles. The number of esters is 1. The van der Waals surface area contributed by atoms with Crippen molar-refractivity contribution < 1.29 is 9.53 Å². The zero-order chi connectivity index (χ0) is 10.1. The van der Waals surface area contributed by atoms with E-state index in [2.05, 4.69) is 11.9 Å². The summed E-state index contributed by atoms with van der Waals surface area (Å²) in [6.45, 7) is 1.51. The number of nitrogens with zero attached hydrogens (tertiary/aromatic N) is 1. The number of carbonyl (C=O) groups is 1. The van der Waals surface area contributed by atoms with Crippen molar-refractivity contribution in [1.29, 1.82) is 0 Å². The second kappa shape index (κ2) is 3.89. The maximum Gasteiger partial charge on any atom is 0.302 e. The maximum absolute atomic E-state index is 10.9. The third-order valence-electron chi connectivity index (χ3n) is 3.67. The molecular weight excluding hydrogens is 178 g/mol. The number of hydrogen-bond acceptors (Lipinski definition) is 3. The highest BCUT2D eigenvalue weighted by atomic mass is 16.5. The summed E-state index contributed by atoms with van der Waals surface area (Å²) in [5.41, 5.74) is 0. The number of fused-ring (bicyclic) bond motifs is 2. The van der Waals surface area contributed by atoms with E-state index >= 15 is 0 Å². The predicted molar refractivity (Wildman–Crippen MR) is 54.0 cm³/mol. The highest BCUT2D eigenvalue weighted by Gasteiger charge is 2.38. The highest BCUT2D eigenvalue weighted by Crippen LogP contribution is 2.34. The standard InChI is InChI=1S/C11H19NO2/c1-8(13)14-11-7-6-9-4-3-5-10(11)12(9)2/h9-11H,3-7H2,1-2H3. The summed E-state index contributed by atoms with van der Waals surface area (Å²) in [5, 5.41) is 0. The van der Waals surface area contributed by atoms with Gasteiger partial charge in [0.05, 0.1) is 0 Å². The second-order valence-electron chi connectivity index (χ2n) is 4.54. The Labute approximate surface area is 85.4 Å². The smallest absolute Gasteiger partial charge is 0.302 e. The molecule has 14 heavy (non-hydrogen) atoms. The van der Waals surface area contributed by atoms with Crippen molar-refractivity contribution in [2.45, 2.75) is 57.2 Å². The third-order valence-corrected chi connectivity index (χ3v) is 3.67. The monoisotopic (exact) mass is 197 g/mol. The average molecular weight is 197 g/mol. The first-order valence-corrected chi connectivity index (χ1v) is 5.57. The van der Waals surface area contributed by atoms with Gasteiger partial charge < -0.3 is 4.74 Å². The van der Waals surface area contributed by atoms with E-state index in [0.717, 1.165) is 12.5 Å². The quantitative estimate of drug-likeness (QED) is 0.597. The van der Waals surface area contributed by atoms with Crippen LogP contribution in [0.5, 0.6) is 0 Å². The van der Waals surface area contributed by atoms with Crippen LogP contribution in [0.15, 0.2) is 0 Å². The third kappa shape index (κ3) is 1.78. The molecule has 3 nitrogen and oxygen atoms in total. The van der Waals surface area contributed by atoms with Gasteiger partial charge in [-0.2, -0.15) is 0 Å². The van der Waals surface area contributed by atoms with Gasteiger partial charge in [-0.05, 0) is 32.7 Å². The topological polar surface area (TPSA) is 29.5 Å². The van der Waals surface area contributed by atoms with E-state index in [0.29, 0.717) is 6.04 Å². The minimum Gasteiger partial charge on any atom is -0.461 e. The van der Waals surface area contributed by atoms with Crippen molar-refractivity contribution >= 4 is 5.97 Å². The van der Waals surface area contributed by atoms with Crippen LogP contribution in [-0.4, -0.2) is 36.1 Å². The lowest BCUT2D eigenvalue weighted by Crippen LogP contribution is -2.54. The van der Waals surface area contributed by atoms with Crippen LogP contribution < -0.4 is 0 Å². The normalized spacial score (nSPS) is 38.0. The molecular formula is C11H19NO2. The molecule has 3 heteroatoms. The summed E-state index contributed by atoms with van der Waals surface area (Å²) < 4.78 is 5.37. The number of rotatable bonds is 1. The van der Waals surface area contributed by atoms with Gasteiger partial charge in [0.2, 0.25) is 0 Å². The predicted octanol–water partition coefficient (Wildman–Crippen LogP) is 1.56. The van der Waals surface area contributed by atoms with Crippen LogP contribution >= 0.6 is 0 Å². The van der Waals surface area contributed by atoms with Crippen molar-refractivity contribution in [3.8, 4) is 0 Å². The van der Waals surface area contributed by atoms with E-state index < -0.39 is 0 Å². The van der Waals surface area contributed by atoms with E-state index in [4.69, 9.17) is 4.74 Å². The fourth-order valence-corrected chi connectivity index (χ4v) is 2.94. The number of piperidine rings is 2. The van der Waals surface area contributed by atoms with Crippen molar-refractivity contribution in [2.75, 3.05) is 7.05 Å². The molecule has 2 rings (SSSR count). The van der Waals surface area contributed by atoms with E-state index in [-0.39, 0.29) is 12.1 Å². The Morgan fingerprint density at radius 3 is 2.79 bits per heavy atom. The van der Waals surface area contributed by atoms with Crippen molar-refractivity contribution in [2.24, 2.45) is 0 Å². The first kappa shape index (κ1) is 9.97. The molecule has 2 saturated heterocycles. The van der Waals surface area contributed by atoms with Gasteiger partial charge in [-0.1, -0.05) is 6.42 Å². The number of hydrogen-bond donors (Lipinski definition) is 0. The molecule has 2 fully saturated rings. The van der Waals surface area contributed by atoms with Crippen LogP contribution in [-0.2, 0) is 9.53 Å². The van der Waals surface area contributed by atoms with Gasteiger partial charge in [-0.25, -0.2) is 0 Å². The Morgan fingerprint density at radius 1 is 1.29 bits per heavy atom. The maximum atomic E-state index is 10.9. The zero-order valence-electron chi connectivity index (χ0n) is 9.03. The fourth-order valence-electron chi connectivity index (χ4n) is 2.94. The summed E-state index contributed by atoms with van der Waals surface area (Å²) in [4.78, 5) is 13.4. The lowest BCUT2D eigenvalue weighted by atomic mass is 9.83. The van der Waals surface area contributed by atoms with Crippen LogP contribution in [0.2, 0.25) is 0 Å². The molecule has 0 aliphatic carbocycles. The summed E-state index contributed by atoms with van der Waals surface area (Å²) in [6, 6.07) is 1.21. The largest absolute Gasteiger partial charge is 0.461 e. The fraction of sp³-hybridized carbons (Fsp3) is 0.909. The van der Waals surface area contributed by atoms with Gasteiger partial charge in [-0.15, -0.1) is 0 Å². The Kier molecular flexibility index (Phi) is 2.77. The Balaban J connectivity index is 2.02. The van der Waals surface area contributed by atoms with Gasteiger partial charge in [0.1, 0.15) is 6.10 Å². The zero-order valence-corrected chi connectivity index (χ0v) is 9.03. The highest BCUT2D eigenvalue weighted by molar-refractivity contribution is 5.66.